The van der Waals surface area contributed by atoms with E-state index < -0.39 is 0 Å². The number of nitrogens with one attached hydrogen (secondary N) is 1. The van der Waals surface area contributed by atoms with E-state index in [0.717, 1.165) is 34.1 Å². The van der Waals surface area contributed by atoms with Gasteiger partial charge in [0.25, 0.3) is 0 Å². The van der Waals surface area contributed by atoms with Crippen molar-refractivity contribution in [1.29, 1.82) is 0 Å². The predicted molar refractivity (Wildman–Crippen MR) is 109 cm³/mol. The minimum atomic E-state index is -0.0649. The molecule has 5 heteroatoms. The van der Waals surface area contributed by atoms with Crippen LogP contribution >= 0.6 is 11.8 Å². The molecule has 4 nitrogen and oxygen atoms in total. The van der Waals surface area contributed by atoms with Crippen molar-refractivity contribution >= 4 is 23.7 Å². The average Bonchev–Trinajstić information content (AvgIpc) is 2.64. The molecule has 0 aliphatic heterocycles. The van der Waals surface area contributed by atoms with Gasteiger partial charge in [-0.05, 0) is 63.0 Å². The molecular formula is C21H26N2O2S. The molecule has 0 aromatic heterocycles. The molecule has 0 saturated carbocycles. The van der Waals surface area contributed by atoms with Crippen molar-refractivity contribution in [1.82, 2.24) is 10.2 Å². The molecule has 138 valence electrons. The largest absolute Gasteiger partial charge is 0.497 e. The monoisotopic (exact) mass is 370 g/mol. The molecule has 1 N–H and O–H groups in total. The maximum atomic E-state index is 12.0. The van der Waals surface area contributed by atoms with E-state index in [1.54, 1.807) is 24.9 Å². The number of ether oxygens (including phenoxy) is 1. The van der Waals surface area contributed by atoms with Crippen molar-refractivity contribution in [2.75, 3.05) is 34.3 Å². The molecule has 0 aliphatic carbocycles. The summed E-state index contributed by atoms with van der Waals surface area (Å²) in [6.07, 6.45) is 4.40. The fourth-order valence-corrected chi connectivity index (χ4v) is 3.31. The molecule has 0 saturated heterocycles. The molecule has 0 fully saturated rings. The Morgan fingerprint density at radius 1 is 1.19 bits per heavy atom. The van der Waals surface area contributed by atoms with Crippen LogP contribution in [0.4, 0.5) is 0 Å². The number of nitrogens with zero attached hydrogens (tertiary/aromatic N) is 1. The van der Waals surface area contributed by atoms with Crippen LogP contribution in [-0.2, 0) is 4.79 Å². The lowest BCUT2D eigenvalue weighted by molar-refractivity contribution is -0.116. The van der Waals surface area contributed by atoms with Crippen LogP contribution in [0.15, 0.2) is 64.4 Å². The van der Waals surface area contributed by atoms with E-state index in [1.807, 2.05) is 62.6 Å². The Balaban J connectivity index is 1.98. The molecule has 0 radical (unpaired) electrons. The third kappa shape index (κ3) is 6.94. The lowest BCUT2D eigenvalue weighted by Gasteiger charge is -2.09. The van der Waals surface area contributed by atoms with E-state index >= 15 is 0 Å². The molecule has 0 unspecified atom stereocenters. The van der Waals surface area contributed by atoms with Crippen molar-refractivity contribution in [2.24, 2.45) is 0 Å². The number of rotatable bonds is 9. The molecule has 0 heterocycles. The van der Waals surface area contributed by atoms with Gasteiger partial charge in [0.05, 0.1) is 7.11 Å². The fraction of sp³-hybridized carbons (Fsp3) is 0.286. The van der Waals surface area contributed by atoms with Crippen LogP contribution in [0.3, 0.4) is 0 Å². The van der Waals surface area contributed by atoms with E-state index in [1.165, 1.54) is 0 Å². The van der Waals surface area contributed by atoms with Gasteiger partial charge in [-0.15, -0.1) is 0 Å². The molecule has 0 bridgehead atoms. The summed E-state index contributed by atoms with van der Waals surface area (Å²) < 4.78 is 5.28. The second-order valence-corrected chi connectivity index (χ2v) is 7.22. The first-order chi connectivity index (χ1) is 12.6. The van der Waals surface area contributed by atoms with Gasteiger partial charge in [0.2, 0.25) is 5.91 Å². The Labute approximate surface area is 160 Å². The summed E-state index contributed by atoms with van der Waals surface area (Å²) in [5.41, 5.74) is 1.02. The number of benzene rings is 2. The second-order valence-electron chi connectivity index (χ2n) is 6.10. The topological polar surface area (TPSA) is 41.6 Å². The van der Waals surface area contributed by atoms with E-state index in [9.17, 15) is 4.79 Å². The first kappa shape index (κ1) is 20.1. The van der Waals surface area contributed by atoms with Gasteiger partial charge in [-0.1, -0.05) is 36.0 Å². The Morgan fingerprint density at radius 2 is 2.00 bits per heavy atom. The summed E-state index contributed by atoms with van der Waals surface area (Å²) in [5, 5.41) is 2.92. The van der Waals surface area contributed by atoms with Gasteiger partial charge >= 0.3 is 0 Å². The molecule has 2 aromatic carbocycles. The van der Waals surface area contributed by atoms with E-state index in [2.05, 4.69) is 16.3 Å². The van der Waals surface area contributed by atoms with Crippen molar-refractivity contribution in [3.63, 3.8) is 0 Å². The molecule has 0 spiro atoms. The number of hydrogen-bond acceptors (Lipinski definition) is 4. The Morgan fingerprint density at radius 3 is 2.77 bits per heavy atom. The highest BCUT2D eigenvalue weighted by atomic mass is 32.2. The van der Waals surface area contributed by atoms with Gasteiger partial charge in [0, 0.05) is 22.4 Å². The smallest absolute Gasteiger partial charge is 0.244 e. The number of amides is 1. The average molecular weight is 371 g/mol. The van der Waals surface area contributed by atoms with Crippen LogP contribution in [-0.4, -0.2) is 45.1 Å². The van der Waals surface area contributed by atoms with E-state index in [-0.39, 0.29) is 5.91 Å². The fourth-order valence-electron chi connectivity index (χ4n) is 2.33. The van der Waals surface area contributed by atoms with Gasteiger partial charge in [-0.25, -0.2) is 0 Å². The number of methoxy groups -OCH3 is 1. The molecule has 26 heavy (non-hydrogen) atoms. The molecule has 2 aromatic rings. The van der Waals surface area contributed by atoms with E-state index in [0.29, 0.717) is 6.54 Å². The number of carbonyl (C=O) groups is 1. The Hall–Kier alpha value is -2.24. The van der Waals surface area contributed by atoms with Gasteiger partial charge < -0.3 is 15.0 Å². The summed E-state index contributed by atoms with van der Waals surface area (Å²) in [6.45, 7) is 1.64. The highest BCUT2D eigenvalue weighted by molar-refractivity contribution is 7.99. The molecular weight excluding hydrogens is 344 g/mol. The van der Waals surface area contributed by atoms with Crippen LogP contribution in [0.25, 0.3) is 6.08 Å². The zero-order valence-electron chi connectivity index (χ0n) is 15.6. The maximum Gasteiger partial charge on any atom is 0.244 e. The second kappa shape index (κ2) is 10.7. The predicted octanol–water partition coefficient (Wildman–Crippen LogP) is 3.93. The van der Waals surface area contributed by atoms with Gasteiger partial charge in [0.1, 0.15) is 5.75 Å². The van der Waals surface area contributed by atoms with Gasteiger partial charge in [-0.3, -0.25) is 4.79 Å². The van der Waals surface area contributed by atoms with Gasteiger partial charge in [-0.2, -0.15) is 0 Å². The maximum absolute atomic E-state index is 12.0. The summed E-state index contributed by atoms with van der Waals surface area (Å²) in [4.78, 5) is 16.3. The summed E-state index contributed by atoms with van der Waals surface area (Å²) in [7, 11) is 5.72. The quantitative estimate of drug-likeness (QED) is 0.536. The van der Waals surface area contributed by atoms with Crippen molar-refractivity contribution in [3.05, 3.63) is 60.2 Å². The van der Waals surface area contributed by atoms with Crippen LogP contribution in [0.5, 0.6) is 5.75 Å². The molecule has 0 aliphatic rings. The first-order valence-electron chi connectivity index (χ1n) is 8.60. The highest BCUT2D eigenvalue weighted by Gasteiger charge is 2.04. The van der Waals surface area contributed by atoms with Crippen LogP contribution < -0.4 is 10.1 Å². The van der Waals surface area contributed by atoms with Crippen molar-refractivity contribution in [3.8, 4) is 5.75 Å². The van der Waals surface area contributed by atoms with Crippen LogP contribution in [0, 0.1) is 0 Å². The Bertz CT molecular complexity index is 744. The zero-order valence-corrected chi connectivity index (χ0v) is 16.4. The standard InChI is InChI=1S/C21H26N2O2S/c1-23(2)15-7-14-22-21(24)13-12-17-8-4-5-11-20(17)26-19-10-6-9-18(16-19)25-3/h4-6,8-13,16H,7,14-15H2,1-3H3,(H,22,24)/b13-12+. The minimum Gasteiger partial charge on any atom is -0.497 e. The summed E-state index contributed by atoms with van der Waals surface area (Å²) in [6, 6.07) is 16.0. The van der Waals surface area contributed by atoms with Crippen molar-refractivity contribution in [2.45, 2.75) is 16.2 Å². The molecule has 2 rings (SSSR count). The van der Waals surface area contributed by atoms with Crippen LogP contribution in [0.1, 0.15) is 12.0 Å². The number of carbonyl (C=O) groups excluding carboxylic acids is 1. The summed E-state index contributed by atoms with van der Waals surface area (Å²) >= 11 is 1.65. The molecule has 1 amide bonds. The zero-order chi connectivity index (χ0) is 18.8. The third-order valence-corrected chi connectivity index (χ3v) is 4.76. The number of hydrogen-bond donors (Lipinski definition) is 1. The first-order valence-corrected chi connectivity index (χ1v) is 9.41. The molecule has 0 atom stereocenters. The van der Waals surface area contributed by atoms with Crippen LogP contribution in [0.2, 0.25) is 0 Å². The lowest BCUT2D eigenvalue weighted by atomic mass is 10.2. The third-order valence-electron chi connectivity index (χ3n) is 3.68. The SMILES string of the molecule is COc1cccc(Sc2ccccc2/C=C/C(=O)NCCCN(C)C)c1. The lowest BCUT2D eigenvalue weighted by Crippen LogP contribution is -2.25. The van der Waals surface area contributed by atoms with E-state index in [4.69, 9.17) is 4.74 Å². The minimum absolute atomic E-state index is 0.0649. The van der Waals surface area contributed by atoms with Gasteiger partial charge in [0.15, 0.2) is 0 Å². The highest BCUT2D eigenvalue weighted by Crippen LogP contribution is 2.32. The summed E-state index contributed by atoms with van der Waals surface area (Å²) in [5.74, 6) is 0.769. The van der Waals surface area contributed by atoms with Crippen molar-refractivity contribution < 1.29 is 9.53 Å². The normalized spacial score (nSPS) is 11.1. The Kier molecular flexibility index (Phi) is 8.25.